The van der Waals surface area contributed by atoms with Crippen molar-refractivity contribution in [2.75, 3.05) is 13.7 Å². The second kappa shape index (κ2) is 7.31. The molecule has 2 N–H and O–H groups in total. The van der Waals surface area contributed by atoms with Crippen molar-refractivity contribution in [3.8, 4) is 5.75 Å². The van der Waals surface area contributed by atoms with Gasteiger partial charge in [0.05, 0.1) is 13.7 Å². The lowest BCUT2D eigenvalue weighted by atomic mass is 9.55. The van der Waals surface area contributed by atoms with E-state index < -0.39 is 0 Å². The average Bonchev–Trinajstić information content (AvgIpc) is 2.94. The van der Waals surface area contributed by atoms with Crippen molar-refractivity contribution in [1.82, 2.24) is 0 Å². The van der Waals surface area contributed by atoms with E-state index in [1.165, 1.54) is 24.0 Å². The zero-order valence-electron chi connectivity index (χ0n) is 16.6. The van der Waals surface area contributed by atoms with Crippen LogP contribution in [0.5, 0.6) is 5.75 Å². The van der Waals surface area contributed by atoms with Crippen LogP contribution in [-0.2, 0) is 16.1 Å². The molecule has 4 heteroatoms. The number of benzene rings is 1. The van der Waals surface area contributed by atoms with Crippen LogP contribution in [0, 0.1) is 23.2 Å². The Balaban J connectivity index is 1.42. The molecule has 0 amide bonds. The summed E-state index contributed by atoms with van der Waals surface area (Å²) < 4.78 is 11.3. The summed E-state index contributed by atoms with van der Waals surface area (Å²) in [5.41, 5.74) is 2.84. The van der Waals surface area contributed by atoms with Crippen LogP contribution in [0.3, 0.4) is 0 Å². The normalized spacial score (nSPS) is 35.3. The van der Waals surface area contributed by atoms with Crippen LogP contribution in [-0.4, -0.2) is 25.7 Å². The molecule has 1 aliphatic heterocycles. The van der Waals surface area contributed by atoms with Gasteiger partial charge in [0.25, 0.3) is 0 Å². The summed E-state index contributed by atoms with van der Waals surface area (Å²) in [6.07, 6.45) is 5.80. The van der Waals surface area contributed by atoms with Crippen molar-refractivity contribution in [2.24, 2.45) is 23.2 Å². The van der Waals surface area contributed by atoms with Gasteiger partial charge in [-0.25, -0.2) is 0 Å². The molecule has 4 nitrogen and oxygen atoms in total. The van der Waals surface area contributed by atoms with E-state index >= 15 is 0 Å². The minimum atomic E-state index is 0.00369. The van der Waals surface area contributed by atoms with Crippen LogP contribution < -0.4 is 10.1 Å². The molecule has 1 aromatic carbocycles. The Kier molecular flexibility index (Phi) is 5.02. The van der Waals surface area contributed by atoms with Gasteiger partial charge in [-0.3, -0.25) is 4.79 Å². The third-order valence-electron chi connectivity index (χ3n) is 7.30. The largest absolute Gasteiger partial charge is 0.496 e. The van der Waals surface area contributed by atoms with E-state index in [9.17, 15) is 4.79 Å². The van der Waals surface area contributed by atoms with Crippen molar-refractivity contribution >= 4 is 5.97 Å². The third-order valence-corrected chi connectivity index (χ3v) is 7.30. The van der Waals surface area contributed by atoms with Gasteiger partial charge in [0.2, 0.25) is 0 Å². The maximum absolute atomic E-state index is 12.6. The first kappa shape index (κ1) is 18.5. The molecule has 0 bridgehead atoms. The van der Waals surface area contributed by atoms with Crippen LogP contribution in [0.15, 0.2) is 36.4 Å². The lowest BCUT2D eigenvalue weighted by Gasteiger charge is -2.49. The number of quaternary nitrogens is 1. The SMILES string of the molecule is C=C1CCC[C@]2(C)C[C@H]3OC(=O)[C@@H](C[NH2+]Cc4ccccc4OC)[C@H]3C[C@@H]12. The molecule has 1 aromatic rings. The number of carbonyl (C=O) groups is 1. The first-order valence-electron chi connectivity index (χ1n) is 10.3. The molecule has 0 radical (unpaired) electrons. The number of fused-ring (bicyclic) bond motifs is 2. The summed E-state index contributed by atoms with van der Waals surface area (Å²) in [5.74, 6) is 1.82. The van der Waals surface area contributed by atoms with Gasteiger partial charge in [-0.15, -0.1) is 0 Å². The van der Waals surface area contributed by atoms with Gasteiger partial charge in [0, 0.05) is 11.5 Å². The molecule has 146 valence electrons. The van der Waals surface area contributed by atoms with Gasteiger partial charge in [0.15, 0.2) is 0 Å². The molecule has 0 unspecified atom stereocenters. The molecule has 3 aliphatic rings. The molecule has 5 atom stereocenters. The number of methoxy groups -OCH3 is 1. The monoisotopic (exact) mass is 370 g/mol. The van der Waals surface area contributed by atoms with Gasteiger partial charge >= 0.3 is 5.97 Å². The number of allylic oxidation sites excluding steroid dienone is 1. The van der Waals surface area contributed by atoms with Crippen LogP contribution in [0.1, 0.15) is 44.6 Å². The molecule has 0 aromatic heterocycles. The fourth-order valence-electron chi connectivity index (χ4n) is 5.82. The number of carbonyl (C=O) groups excluding carboxylic acids is 1. The highest BCUT2D eigenvalue weighted by Crippen LogP contribution is 2.56. The van der Waals surface area contributed by atoms with Crippen LogP contribution in [0.4, 0.5) is 0 Å². The minimum absolute atomic E-state index is 0.00369. The topological polar surface area (TPSA) is 52.1 Å². The smallest absolute Gasteiger partial charge is 0.315 e. The van der Waals surface area contributed by atoms with E-state index in [0.717, 1.165) is 38.1 Å². The maximum Gasteiger partial charge on any atom is 0.315 e. The van der Waals surface area contributed by atoms with E-state index in [1.807, 2.05) is 18.2 Å². The summed E-state index contributed by atoms with van der Waals surface area (Å²) in [5, 5.41) is 2.23. The van der Waals surface area contributed by atoms with Crippen molar-refractivity contribution in [2.45, 2.75) is 51.7 Å². The molecule has 1 heterocycles. The summed E-state index contributed by atoms with van der Waals surface area (Å²) in [7, 11) is 1.70. The fraction of sp³-hybridized carbons (Fsp3) is 0.609. The molecule has 2 saturated carbocycles. The summed E-state index contributed by atoms with van der Waals surface area (Å²) in [6, 6.07) is 8.09. The van der Waals surface area contributed by atoms with E-state index in [-0.39, 0.29) is 23.4 Å². The molecule has 1 saturated heterocycles. The molecular weight excluding hydrogens is 338 g/mol. The highest BCUT2D eigenvalue weighted by Gasteiger charge is 2.55. The van der Waals surface area contributed by atoms with Crippen LogP contribution in [0.2, 0.25) is 0 Å². The van der Waals surface area contributed by atoms with E-state index in [4.69, 9.17) is 9.47 Å². The molecule has 27 heavy (non-hydrogen) atoms. The lowest BCUT2D eigenvalue weighted by Crippen LogP contribution is -2.84. The second-order valence-corrected chi connectivity index (χ2v) is 8.94. The highest BCUT2D eigenvalue weighted by molar-refractivity contribution is 5.75. The quantitative estimate of drug-likeness (QED) is 0.640. The number of hydrogen-bond acceptors (Lipinski definition) is 3. The number of rotatable bonds is 5. The average molecular weight is 371 g/mol. The van der Waals surface area contributed by atoms with E-state index in [0.29, 0.717) is 11.8 Å². The van der Waals surface area contributed by atoms with E-state index in [2.05, 4.69) is 24.9 Å². The van der Waals surface area contributed by atoms with Crippen molar-refractivity contribution in [1.29, 1.82) is 0 Å². The van der Waals surface area contributed by atoms with E-state index in [1.54, 1.807) is 7.11 Å². The molecule has 3 fully saturated rings. The Morgan fingerprint density at radius 3 is 3.00 bits per heavy atom. The Morgan fingerprint density at radius 1 is 1.37 bits per heavy atom. The number of ether oxygens (including phenoxy) is 2. The number of nitrogens with two attached hydrogens (primary N) is 1. The standard InChI is InChI=1S/C23H31NO3/c1-15-7-6-10-23(2)12-21-17(11-19(15)23)18(22(25)27-21)14-24-13-16-8-4-5-9-20(16)26-3/h4-5,8-9,17-19,21,24H,1,6-7,10-14H2,2-3H3/p+1/t17-,18+,19+,21-,23-/m1/s1. The number of esters is 1. The van der Waals surface area contributed by atoms with Crippen molar-refractivity contribution < 1.29 is 19.6 Å². The van der Waals surface area contributed by atoms with Gasteiger partial charge in [0.1, 0.15) is 24.3 Å². The Bertz CT molecular complexity index is 730. The fourth-order valence-corrected chi connectivity index (χ4v) is 5.82. The van der Waals surface area contributed by atoms with Crippen LogP contribution in [0.25, 0.3) is 0 Å². The van der Waals surface area contributed by atoms with Gasteiger partial charge in [-0.1, -0.05) is 31.2 Å². The Hall–Kier alpha value is -1.81. The zero-order valence-corrected chi connectivity index (χ0v) is 16.6. The lowest BCUT2D eigenvalue weighted by molar-refractivity contribution is -0.675. The summed E-state index contributed by atoms with van der Waals surface area (Å²) in [6.45, 7) is 8.36. The second-order valence-electron chi connectivity index (χ2n) is 8.94. The summed E-state index contributed by atoms with van der Waals surface area (Å²) in [4.78, 5) is 12.6. The molecular formula is C23H32NO3+. The third kappa shape index (κ3) is 3.40. The number of hydrogen-bond donors (Lipinski definition) is 1. The van der Waals surface area contributed by atoms with Gasteiger partial charge in [-0.05, 0) is 55.6 Å². The summed E-state index contributed by atoms with van der Waals surface area (Å²) >= 11 is 0. The maximum atomic E-state index is 12.6. The molecule has 0 spiro atoms. The Labute approximate surface area is 162 Å². The highest BCUT2D eigenvalue weighted by atomic mass is 16.6. The molecule has 4 rings (SSSR count). The predicted molar refractivity (Wildman–Crippen MR) is 104 cm³/mol. The van der Waals surface area contributed by atoms with Crippen LogP contribution >= 0.6 is 0 Å². The minimum Gasteiger partial charge on any atom is -0.496 e. The van der Waals surface area contributed by atoms with Gasteiger partial charge < -0.3 is 14.8 Å². The van der Waals surface area contributed by atoms with Crippen molar-refractivity contribution in [3.63, 3.8) is 0 Å². The van der Waals surface area contributed by atoms with Crippen molar-refractivity contribution in [3.05, 3.63) is 42.0 Å². The first-order chi connectivity index (χ1) is 13.0. The number of para-hydroxylation sites is 1. The predicted octanol–water partition coefficient (Wildman–Crippen LogP) is 3.07. The first-order valence-corrected chi connectivity index (χ1v) is 10.3. The van der Waals surface area contributed by atoms with Gasteiger partial charge in [-0.2, -0.15) is 0 Å². The zero-order chi connectivity index (χ0) is 19.0. The molecule has 2 aliphatic carbocycles. The Morgan fingerprint density at radius 2 is 2.19 bits per heavy atom.